The van der Waals surface area contributed by atoms with E-state index in [9.17, 15) is 18.6 Å². The highest BCUT2D eigenvalue weighted by molar-refractivity contribution is 7.98. The molecule has 0 aliphatic heterocycles. The Hall–Kier alpha value is -3.02. The number of fused-ring (bicyclic) bond motifs is 1. The normalized spacial score (nSPS) is 12.6. The van der Waals surface area contributed by atoms with Crippen LogP contribution in [0.2, 0.25) is 5.02 Å². The smallest absolute Gasteiger partial charge is 0.325 e. The monoisotopic (exact) mass is 535 g/mol. The van der Waals surface area contributed by atoms with Crippen LogP contribution < -0.4 is 20.1 Å². The van der Waals surface area contributed by atoms with Gasteiger partial charge in [0, 0.05) is 47.3 Å². The molecule has 9 nitrogen and oxygen atoms in total. The Morgan fingerprint density at radius 2 is 1.83 bits per heavy atom. The number of carbonyl (C=O) groups excluding carboxylic acids is 3. The molecule has 12 heteroatoms. The molecule has 3 aromatic rings. The molecule has 2 atom stereocenters. The summed E-state index contributed by atoms with van der Waals surface area (Å²) in [6, 6.07) is 11.7. The maximum atomic E-state index is 12.8. The number of benzene rings is 2. The van der Waals surface area contributed by atoms with Gasteiger partial charge >= 0.3 is 6.03 Å². The predicted molar refractivity (Wildman–Crippen MR) is 141 cm³/mol. The fourth-order valence-corrected chi connectivity index (χ4v) is 4.55. The van der Waals surface area contributed by atoms with E-state index in [0.29, 0.717) is 16.4 Å². The quantitative estimate of drug-likeness (QED) is 0.326. The molecule has 0 spiro atoms. The van der Waals surface area contributed by atoms with E-state index in [1.165, 1.54) is 6.26 Å². The Bertz CT molecular complexity index is 1290. The van der Waals surface area contributed by atoms with E-state index >= 15 is 0 Å². The summed E-state index contributed by atoms with van der Waals surface area (Å²) in [6.07, 6.45) is 1.37. The number of amides is 4. The van der Waals surface area contributed by atoms with Gasteiger partial charge in [0.25, 0.3) is 5.91 Å². The molecule has 3 rings (SSSR count). The number of nitrogens with one attached hydrogen (secondary N) is 4. The van der Waals surface area contributed by atoms with E-state index in [1.54, 1.807) is 41.8 Å². The van der Waals surface area contributed by atoms with Crippen molar-refractivity contribution in [1.82, 2.24) is 19.3 Å². The molecule has 0 aliphatic carbocycles. The molecular weight excluding hydrogens is 510 g/mol. The van der Waals surface area contributed by atoms with Crippen molar-refractivity contribution in [3.8, 4) is 0 Å². The Balaban J connectivity index is 1.53. The first-order chi connectivity index (χ1) is 16.5. The summed E-state index contributed by atoms with van der Waals surface area (Å²) in [6.45, 7) is 3.59. The molecule has 0 saturated heterocycles. The van der Waals surface area contributed by atoms with Crippen LogP contribution in [-0.4, -0.2) is 38.9 Å². The van der Waals surface area contributed by atoms with E-state index in [-0.39, 0.29) is 12.3 Å². The standard InChI is InChI=1S/C23H26ClN5O4S2/c1-13-5-10-18-17(21(13)24)12-19(29(18)3)22(31)26-15-6-8-16(9-7-15)34-27-23(32)25-14(2)11-20(30)28-35(4)33/h5-10,12,14H,11H2,1-4H3,(H,26,31)(H,28,30)(H2,25,27,32). The number of carbonyl (C=O) groups is 3. The van der Waals surface area contributed by atoms with Gasteiger partial charge in [0.2, 0.25) is 5.91 Å². The second-order valence-electron chi connectivity index (χ2n) is 7.96. The van der Waals surface area contributed by atoms with Crippen LogP contribution in [0.3, 0.4) is 0 Å². The zero-order valence-electron chi connectivity index (χ0n) is 19.6. The number of urea groups is 1. The van der Waals surface area contributed by atoms with E-state index < -0.39 is 29.0 Å². The van der Waals surface area contributed by atoms with Gasteiger partial charge in [-0.3, -0.25) is 19.0 Å². The van der Waals surface area contributed by atoms with Gasteiger partial charge in [-0.15, -0.1) is 0 Å². The molecule has 0 bridgehead atoms. The second-order valence-corrected chi connectivity index (χ2v) is 10.3. The number of halogens is 1. The van der Waals surface area contributed by atoms with Crippen LogP contribution in [0, 0.1) is 6.92 Å². The summed E-state index contributed by atoms with van der Waals surface area (Å²) in [5.74, 6) is -0.675. The molecule has 35 heavy (non-hydrogen) atoms. The summed E-state index contributed by atoms with van der Waals surface area (Å²) in [7, 11) is 0.375. The lowest BCUT2D eigenvalue weighted by Gasteiger charge is -2.13. The molecule has 1 aromatic heterocycles. The highest BCUT2D eigenvalue weighted by Crippen LogP contribution is 2.29. The van der Waals surface area contributed by atoms with E-state index in [0.717, 1.165) is 33.3 Å². The van der Waals surface area contributed by atoms with Gasteiger partial charge < -0.3 is 15.2 Å². The maximum Gasteiger partial charge on any atom is 0.325 e. The highest BCUT2D eigenvalue weighted by atomic mass is 35.5. The Morgan fingerprint density at radius 1 is 1.14 bits per heavy atom. The summed E-state index contributed by atoms with van der Waals surface area (Å²) >= 11 is 7.49. The lowest BCUT2D eigenvalue weighted by Crippen LogP contribution is -2.41. The molecular formula is C23H26ClN5O4S2. The van der Waals surface area contributed by atoms with Crippen molar-refractivity contribution < 1.29 is 18.6 Å². The number of aromatic nitrogens is 1. The van der Waals surface area contributed by atoms with Crippen molar-refractivity contribution in [3.05, 3.63) is 58.7 Å². The van der Waals surface area contributed by atoms with Gasteiger partial charge in [-0.1, -0.05) is 17.7 Å². The number of rotatable bonds is 8. The van der Waals surface area contributed by atoms with Crippen LogP contribution in [0.4, 0.5) is 10.5 Å². The third-order valence-electron chi connectivity index (χ3n) is 5.09. The first kappa shape index (κ1) is 26.6. The van der Waals surface area contributed by atoms with Crippen LogP contribution in [0.5, 0.6) is 0 Å². The molecule has 0 saturated carbocycles. The Labute approximate surface area is 215 Å². The maximum absolute atomic E-state index is 12.8. The van der Waals surface area contributed by atoms with Crippen LogP contribution in [-0.2, 0) is 22.8 Å². The molecule has 0 fully saturated rings. The number of hydrogen-bond donors (Lipinski definition) is 4. The number of anilines is 1. The average molecular weight is 536 g/mol. The summed E-state index contributed by atoms with van der Waals surface area (Å²) < 4.78 is 17.7. The zero-order chi connectivity index (χ0) is 25.7. The Kier molecular flexibility index (Phi) is 8.82. The van der Waals surface area contributed by atoms with Crippen molar-refractivity contribution in [2.75, 3.05) is 11.6 Å². The van der Waals surface area contributed by atoms with Crippen LogP contribution in [0.1, 0.15) is 29.4 Å². The van der Waals surface area contributed by atoms with E-state index in [1.807, 2.05) is 26.1 Å². The second kappa shape index (κ2) is 11.6. The first-order valence-electron chi connectivity index (χ1n) is 10.6. The number of aryl methyl sites for hydroxylation is 2. The first-order valence-corrected chi connectivity index (χ1v) is 13.3. The predicted octanol–water partition coefficient (Wildman–Crippen LogP) is 3.89. The molecule has 0 radical (unpaired) electrons. The molecule has 2 aromatic carbocycles. The van der Waals surface area contributed by atoms with Crippen molar-refractivity contribution >= 4 is 69.0 Å². The fraction of sp³-hybridized carbons (Fsp3) is 0.261. The fourth-order valence-electron chi connectivity index (χ4n) is 3.39. The largest absolute Gasteiger partial charge is 0.340 e. The van der Waals surface area contributed by atoms with Crippen molar-refractivity contribution in [2.24, 2.45) is 7.05 Å². The third-order valence-corrected chi connectivity index (χ3v) is 6.90. The minimum atomic E-state index is -1.44. The molecule has 2 unspecified atom stereocenters. The van der Waals surface area contributed by atoms with E-state index in [2.05, 4.69) is 20.1 Å². The number of hydrogen-bond acceptors (Lipinski definition) is 5. The van der Waals surface area contributed by atoms with E-state index in [4.69, 9.17) is 11.6 Å². The highest BCUT2D eigenvalue weighted by Gasteiger charge is 2.16. The minimum absolute atomic E-state index is 0.00851. The summed E-state index contributed by atoms with van der Waals surface area (Å²) in [5, 5.41) is 6.96. The average Bonchev–Trinajstić information content (AvgIpc) is 3.12. The van der Waals surface area contributed by atoms with Gasteiger partial charge in [0.1, 0.15) is 16.7 Å². The summed E-state index contributed by atoms with van der Waals surface area (Å²) in [5.41, 5.74) is 2.90. The molecule has 4 amide bonds. The van der Waals surface area contributed by atoms with Crippen LogP contribution >= 0.6 is 23.5 Å². The van der Waals surface area contributed by atoms with Crippen molar-refractivity contribution in [1.29, 1.82) is 0 Å². The minimum Gasteiger partial charge on any atom is -0.340 e. The molecule has 4 N–H and O–H groups in total. The van der Waals surface area contributed by atoms with Gasteiger partial charge in [0.05, 0.1) is 5.02 Å². The van der Waals surface area contributed by atoms with Crippen molar-refractivity contribution in [3.63, 3.8) is 0 Å². The zero-order valence-corrected chi connectivity index (χ0v) is 22.0. The molecule has 0 aliphatic rings. The number of nitrogens with zero attached hydrogens (tertiary/aromatic N) is 1. The summed E-state index contributed by atoms with van der Waals surface area (Å²) in [4.78, 5) is 37.2. The van der Waals surface area contributed by atoms with Gasteiger partial charge in [-0.25, -0.2) is 9.00 Å². The third kappa shape index (κ3) is 7.00. The van der Waals surface area contributed by atoms with Gasteiger partial charge in [0.15, 0.2) is 0 Å². The van der Waals surface area contributed by atoms with Crippen LogP contribution in [0.25, 0.3) is 10.9 Å². The molecule has 1 heterocycles. The van der Waals surface area contributed by atoms with Crippen LogP contribution in [0.15, 0.2) is 47.4 Å². The Morgan fingerprint density at radius 3 is 2.49 bits per heavy atom. The lowest BCUT2D eigenvalue weighted by molar-refractivity contribution is -0.119. The van der Waals surface area contributed by atoms with Gasteiger partial charge in [-0.2, -0.15) is 0 Å². The lowest BCUT2D eigenvalue weighted by atomic mass is 10.2. The van der Waals surface area contributed by atoms with Crippen molar-refractivity contribution in [2.45, 2.75) is 31.2 Å². The SMILES string of the molecule is Cc1ccc2c(cc(C(=O)Nc3ccc(SNC(=O)NC(C)CC(=O)NS(C)=O)cc3)n2C)c1Cl. The van der Waals surface area contributed by atoms with Gasteiger partial charge in [-0.05, 0) is 67.8 Å². The topological polar surface area (TPSA) is 121 Å². The molecule has 186 valence electrons.